The summed E-state index contributed by atoms with van der Waals surface area (Å²) in [7, 11) is 1.57. The van der Waals surface area contributed by atoms with Crippen LogP contribution in [0.15, 0.2) is 36.5 Å². The van der Waals surface area contributed by atoms with Crippen molar-refractivity contribution in [3.8, 4) is 16.9 Å². The molecule has 18 heavy (non-hydrogen) atoms. The molecule has 0 bridgehead atoms. The van der Waals surface area contributed by atoms with E-state index in [9.17, 15) is 4.79 Å². The monoisotopic (exact) mass is 241 g/mol. The largest absolute Gasteiger partial charge is 0.496 e. The highest BCUT2D eigenvalue weighted by Gasteiger charge is 2.10. The maximum absolute atomic E-state index is 11.6. The van der Waals surface area contributed by atoms with Gasteiger partial charge in [0.2, 0.25) is 0 Å². The molecule has 0 aliphatic rings. The molecule has 0 N–H and O–H groups in total. The first-order valence-electron chi connectivity index (χ1n) is 5.74. The van der Waals surface area contributed by atoms with E-state index in [-0.39, 0.29) is 5.78 Å². The van der Waals surface area contributed by atoms with Crippen molar-refractivity contribution in [1.29, 1.82) is 0 Å². The molecule has 0 amide bonds. The molecular weight excluding hydrogens is 226 g/mol. The number of hydrogen-bond acceptors (Lipinski definition) is 3. The zero-order valence-electron chi connectivity index (χ0n) is 10.7. The van der Waals surface area contributed by atoms with Crippen LogP contribution in [0.3, 0.4) is 0 Å². The second-order valence-corrected chi connectivity index (χ2v) is 4.11. The summed E-state index contributed by atoms with van der Waals surface area (Å²) in [6.07, 6.45) is 1.76. The van der Waals surface area contributed by atoms with E-state index >= 15 is 0 Å². The molecule has 1 heterocycles. The molecule has 1 aromatic heterocycles. The number of ketones is 1. The number of aryl methyl sites for hydroxylation is 1. The van der Waals surface area contributed by atoms with Gasteiger partial charge in [0.15, 0.2) is 5.78 Å². The number of ether oxygens (including phenoxy) is 1. The molecule has 92 valence electrons. The van der Waals surface area contributed by atoms with Crippen LogP contribution < -0.4 is 4.74 Å². The van der Waals surface area contributed by atoms with Crippen LogP contribution in [0, 0.1) is 6.92 Å². The normalized spacial score (nSPS) is 10.2. The minimum Gasteiger partial charge on any atom is -0.496 e. The smallest absolute Gasteiger partial charge is 0.163 e. The van der Waals surface area contributed by atoms with Crippen molar-refractivity contribution in [3.05, 3.63) is 47.8 Å². The van der Waals surface area contributed by atoms with E-state index in [1.54, 1.807) is 13.3 Å². The van der Waals surface area contributed by atoms with Crippen molar-refractivity contribution >= 4 is 5.78 Å². The lowest BCUT2D eigenvalue weighted by molar-refractivity contribution is 0.101. The van der Waals surface area contributed by atoms with E-state index in [0.29, 0.717) is 11.3 Å². The van der Waals surface area contributed by atoms with Gasteiger partial charge in [0, 0.05) is 17.5 Å². The van der Waals surface area contributed by atoms with Crippen molar-refractivity contribution in [1.82, 2.24) is 4.98 Å². The zero-order chi connectivity index (χ0) is 13.1. The van der Waals surface area contributed by atoms with E-state index in [2.05, 4.69) is 4.98 Å². The Morgan fingerprint density at radius 3 is 2.67 bits per heavy atom. The third-order valence-corrected chi connectivity index (χ3v) is 2.90. The number of rotatable bonds is 3. The number of nitrogens with zero attached hydrogens (tertiary/aromatic N) is 1. The molecule has 0 aliphatic heterocycles. The van der Waals surface area contributed by atoms with Crippen LogP contribution >= 0.6 is 0 Å². The molecular formula is C15H15NO2. The first-order chi connectivity index (χ1) is 8.63. The highest BCUT2D eigenvalue weighted by Crippen LogP contribution is 2.28. The second kappa shape index (κ2) is 5.00. The van der Waals surface area contributed by atoms with E-state index in [1.165, 1.54) is 6.92 Å². The van der Waals surface area contributed by atoms with Crippen molar-refractivity contribution in [2.75, 3.05) is 7.11 Å². The lowest BCUT2D eigenvalue weighted by Gasteiger charge is -2.10. The maximum atomic E-state index is 11.6. The Hall–Kier alpha value is -2.16. The molecule has 0 spiro atoms. The lowest BCUT2D eigenvalue weighted by atomic mass is 10.00. The van der Waals surface area contributed by atoms with Crippen LogP contribution in [-0.4, -0.2) is 17.9 Å². The number of carbonyl (C=O) groups excluding carboxylic acids is 1. The van der Waals surface area contributed by atoms with E-state index in [0.717, 1.165) is 16.8 Å². The molecule has 0 saturated heterocycles. The summed E-state index contributed by atoms with van der Waals surface area (Å²) in [4.78, 5) is 15.9. The van der Waals surface area contributed by atoms with Gasteiger partial charge >= 0.3 is 0 Å². The van der Waals surface area contributed by atoms with Gasteiger partial charge in [-0.2, -0.15) is 0 Å². The van der Waals surface area contributed by atoms with Crippen LogP contribution in [0.25, 0.3) is 11.1 Å². The SMILES string of the molecule is COc1ccc(-c2cccnc2C)cc1C(C)=O. The average molecular weight is 241 g/mol. The van der Waals surface area contributed by atoms with Gasteiger partial charge < -0.3 is 4.74 Å². The first kappa shape index (κ1) is 12.3. The van der Waals surface area contributed by atoms with Gasteiger partial charge in [-0.3, -0.25) is 9.78 Å². The third kappa shape index (κ3) is 2.25. The summed E-state index contributed by atoms with van der Waals surface area (Å²) in [5.41, 5.74) is 3.55. The van der Waals surface area contributed by atoms with Crippen LogP contribution in [0.1, 0.15) is 23.0 Å². The topological polar surface area (TPSA) is 39.2 Å². The molecule has 2 rings (SSSR count). The van der Waals surface area contributed by atoms with Crippen molar-refractivity contribution in [2.24, 2.45) is 0 Å². The molecule has 0 atom stereocenters. The summed E-state index contributed by atoms with van der Waals surface area (Å²) >= 11 is 0. The highest BCUT2D eigenvalue weighted by atomic mass is 16.5. The fourth-order valence-electron chi connectivity index (χ4n) is 1.94. The minimum absolute atomic E-state index is 0.00440. The van der Waals surface area contributed by atoms with Crippen molar-refractivity contribution in [3.63, 3.8) is 0 Å². The molecule has 0 fully saturated rings. The standard InChI is InChI=1S/C15H15NO2/c1-10-13(5-4-8-16-10)12-6-7-15(18-3)14(9-12)11(2)17/h4-9H,1-3H3. The Morgan fingerprint density at radius 2 is 2.06 bits per heavy atom. The Morgan fingerprint density at radius 1 is 1.28 bits per heavy atom. The molecule has 2 aromatic rings. The predicted molar refractivity (Wildman–Crippen MR) is 71.0 cm³/mol. The number of benzene rings is 1. The summed E-state index contributed by atoms with van der Waals surface area (Å²) < 4.78 is 5.19. The molecule has 1 aromatic carbocycles. The van der Waals surface area contributed by atoms with Gasteiger partial charge in [0.05, 0.1) is 12.7 Å². The average Bonchev–Trinajstić information content (AvgIpc) is 2.38. The fraction of sp³-hybridized carbons (Fsp3) is 0.200. The number of Topliss-reactive ketones (excluding diaryl/α,β-unsaturated/α-hetero) is 1. The summed E-state index contributed by atoms with van der Waals surface area (Å²) in [5.74, 6) is 0.600. The Labute approximate surface area is 106 Å². The van der Waals surface area contributed by atoms with Gasteiger partial charge in [-0.05, 0) is 37.6 Å². The molecule has 3 nitrogen and oxygen atoms in total. The third-order valence-electron chi connectivity index (χ3n) is 2.90. The number of aromatic nitrogens is 1. The van der Waals surface area contributed by atoms with E-state index < -0.39 is 0 Å². The Balaban J connectivity index is 2.57. The summed E-state index contributed by atoms with van der Waals surface area (Å²) in [6, 6.07) is 9.49. The van der Waals surface area contributed by atoms with E-state index in [4.69, 9.17) is 4.74 Å². The van der Waals surface area contributed by atoms with Gasteiger partial charge in [-0.1, -0.05) is 12.1 Å². The fourth-order valence-corrected chi connectivity index (χ4v) is 1.94. The molecule has 3 heteroatoms. The van der Waals surface area contributed by atoms with Crippen LogP contribution in [0.5, 0.6) is 5.75 Å². The first-order valence-corrected chi connectivity index (χ1v) is 5.74. The van der Waals surface area contributed by atoms with Crippen LogP contribution in [0.2, 0.25) is 0 Å². The van der Waals surface area contributed by atoms with Crippen LogP contribution in [-0.2, 0) is 0 Å². The van der Waals surface area contributed by atoms with E-state index in [1.807, 2.05) is 37.3 Å². The quantitative estimate of drug-likeness (QED) is 0.774. The highest BCUT2D eigenvalue weighted by molar-refractivity contribution is 5.98. The van der Waals surface area contributed by atoms with Crippen molar-refractivity contribution < 1.29 is 9.53 Å². The second-order valence-electron chi connectivity index (χ2n) is 4.11. The Bertz CT molecular complexity index is 591. The summed E-state index contributed by atoms with van der Waals surface area (Å²) in [6.45, 7) is 3.49. The van der Waals surface area contributed by atoms with Gasteiger partial charge in [-0.25, -0.2) is 0 Å². The number of pyridine rings is 1. The van der Waals surface area contributed by atoms with Gasteiger partial charge in [-0.15, -0.1) is 0 Å². The van der Waals surface area contributed by atoms with Gasteiger partial charge in [0.25, 0.3) is 0 Å². The Kier molecular flexibility index (Phi) is 3.42. The van der Waals surface area contributed by atoms with Crippen molar-refractivity contribution in [2.45, 2.75) is 13.8 Å². The zero-order valence-corrected chi connectivity index (χ0v) is 10.7. The number of hydrogen-bond donors (Lipinski definition) is 0. The van der Waals surface area contributed by atoms with Crippen LogP contribution in [0.4, 0.5) is 0 Å². The minimum atomic E-state index is -0.00440. The molecule has 0 unspecified atom stereocenters. The molecule has 0 radical (unpaired) electrons. The predicted octanol–water partition coefficient (Wildman–Crippen LogP) is 3.27. The maximum Gasteiger partial charge on any atom is 0.163 e. The number of methoxy groups -OCH3 is 1. The summed E-state index contributed by atoms with van der Waals surface area (Å²) in [5, 5.41) is 0. The molecule has 0 saturated carbocycles. The van der Waals surface area contributed by atoms with Gasteiger partial charge in [0.1, 0.15) is 5.75 Å². The molecule has 0 aliphatic carbocycles. The lowest BCUT2D eigenvalue weighted by Crippen LogP contribution is -1.98. The number of carbonyl (C=O) groups is 1.